The summed E-state index contributed by atoms with van der Waals surface area (Å²) in [4.78, 5) is 19.3. The molecular formula is C23H20Cl2N2O3S. The zero-order chi connectivity index (χ0) is 22.0. The maximum Gasteiger partial charge on any atom is 0.338 e. The lowest BCUT2D eigenvalue weighted by Crippen LogP contribution is -2.34. The minimum atomic E-state index is -0.382. The van der Waals surface area contributed by atoms with Crippen LogP contribution >= 0.6 is 35.0 Å². The molecule has 2 heterocycles. The molecule has 2 aliphatic rings. The number of allylic oxidation sites excluding steroid dienone is 1. The first-order valence-corrected chi connectivity index (χ1v) is 11.4. The summed E-state index contributed by atoms with van der Waals surface area (Å²) in [7, 11) is 0. The highest BCUT2D eigenvalue weighted by atomic mass is 35.5. The first-order valence-electron chi connectivity index (χ1n) is 9.73. The quantitative estimate of drug-likeness (QED) is 0.457. The molecule has 4 rings (SSSR count). The summed E-state index contributed by atoms with van der Waals surface area (Å²) < 4.78 is 11.2. The minimum Gasteiger partial charge on any atom is -0.487 e. The molecule has 5 nitrogen and oxygen atoms in total. The summed E-state index contributed by atoms with van der Waals surface area (Å²) in [5.74, 6) is 0.160. The van der Waals surface area contributed by atoms with Gasteiger partial charge in [0, 0.05) is 16.8 Å². The van der Waals surface area contributed by atoms with Gasteiger partial charge in [-0.25, -0.2) is 9.79 Å². The van der Waals surface area contributed by atoms with Crippen molar-refractivity contribution in [2.24, 2.45) is 4.99 Å². The van der Waals surface area contributed by atoms with E-state index in [9.17, 15) is 4.79 Å². The fourth-order valence-corrected chi connectivity index (χ4v) is 4.70. The van der Waals surface area contributed by atoms with E-state index in [1.807, 2.05) is 65.9 Å². The second-order valence-electron chi connectivity index (χ2n) is 6.90. The molecular weight excluding hydrogens is 455 g/mol. The third kappa shape index (κ3) is 4.47. The van der Waals surface area contributed by atoms with Crippen LogP contribution in [-0.2, 0) is 16.1 Å². The SMILES string of the molecule is CCOC(=O)C1=C(C)N=C2SC=CN2[C@H]1c1ccc(OCc2ccccc2Cl)c(Cl)c1. The van der Waals surface area contributed by atoms with Gasteiger partial charge in [-0.05, 0) is 43.0 Å². The number of carbonyl (C=O) groups excluding carboxylic acids is 1. The predicted molar refractivity (Wildman–Crippen MR) is 125 cm³/mol. The Hall–Kier alpha value is -2.41. The molecule has 0 amide bonds. The van der Waals surface area contributed by atoms with Crippen LogP contribution in [0.5, 0.6) is 5.75 Å². The number of benzene rings is 2. The van der Waals surface area contributed by atoms with Gasteiger partial charge in [-0.2, -0.15) is 0 Å². The third-order valence-electron chi connectivity index (χ3n) is 4.93. The summed E-state index contributed by atoms with van der Waals surface area (Å²) in [6.07, 6.45) is 1.91. The van der Waals surface area contributed by atoms with Crippen LogP contribution < -0.4 is 4.74 Å². The Morgan fingerprint density at radius 1 is 1.19 bits per heavy atom. The van der Waals surface area contributed by atoms with Crippen LogP contribution in [0.3, 0.4) is 0 Å². The summed E-state index contributed by atoms with van der Waals surface area (Å²) in [5, 5.41) is 3.84. The van der Waals surface area contributed by atoms with Crippen molar-refractivity contribution in [2.75, 3.05) is 6.61 Å². The van der Waals surface area contributed by atoms with E-state index in [0.29, 0.717) is 40.3 Å². The lowest BCUT2D eigenvalue weighted by Gasteiger charge is -2.33. The summed E-state index contributed by atoms with van der Waals surface area (Å²) in [5.41, 5.74) is 2.86. The number of halogens is 2. The first-order chi connectivity index (χ1) is 15.0. The van der Waals surface area contributed by atoms with Crippen molar-refractivity contribution in [2.45, 2.75) is 26.5 Å². The van der Waals surface area contributed by atoms with Gasteiger partial charge in [0.25, 0.3) is 0 Å². The van der Waals surface area contributed by atoms with E-state index < -0.39 is 0 Å². The first kappa shape index (κ1) is 21.8. The number of esters is 1. The van der Waals surface area contributed by atoms with E-state index in [1.54, 1.807) is 6.92 Å². The van der Waals surface area contributed by atoms with E-state index in [-0.39, 0.29) is 12.0 Å². The van der Waals surface area contributed by atoms with Crippen LogP contribution in [-0.4, -0.2) is 22.6 Å². The molecule has 1 atom stereocenters. The molecule has 0 bridgehead atoms. The van der Waals surface area contributed by atoms with Crippen molar-refractivity contribution in [3.05, 3.63) is 86.5 Å². The maximum atomic E-state index is 12.7. The van der Waals surface area contributed by atoms with Crippen LogP contribution in [0.4, 0.5) is 0 Å². The molecule has 0 aliphatic carbocycles. The monoisotopic (exact) mass is 474 g/mol. The van der Waals surface area contributed by atoms with Gasteiger partial charge in [0.15, 0.2) is 5.17 Å². The van der Waals surface area contributed by atoms with E-state index in [1.165, 1.54) is 11.8 Å². The summed E-state index contributed by atoms with van der Waals surface area (Å²) >= 11 is 14.3. The van der Waals surface area contributed by atoms with Crippen LogP contribution in [0, 0.1) is 0 Å². The molecule has 0 spiro atoms. The van der Waals surface area contributed by atoms with Gasteiger partial charge in [0.2, 0.25) is 0 Å². The Labute approximate surface area is 195 Å². The Morgan fingerprint density at radius 2 is 2.00 bits per heavy atom. The number of nitrogens with zero attached hydrogens (tertiary/aromatic N) is 2. The fourth-order valence-electron chi connectivity index (χ4n) is 3.47. The van der Waals surface area contributed by atoms with Gasteiger partial charge in [-0.1, -0.05) is 59.2 Å². The Kier molecular flexibility index (Phi) is 6.60. The van der Waals surface area contributed by atoms with E-state index in [4.69, 9.17) is 32.7 Å². The number of hydrogen-bond acceptors (Lipinski definition) is 6. The molecule has 0 aromatic heterocycles. The Balaban J connectivity index is 1.63. The topological polar surface area (TPSA) is 51.1 Å². The van der Waals surface area contributed by atoms with Gasteiger partial charge in [0.1, 0.15) is 12.4 Å². The standard InChI is InChI=1S/C23H20Cl2N2O3S/c1-3-29-22(28)20-14(2)26-23-27(10-11-31-23)21(20)15-8-9-19(18(25)12-15)30-13-16-6-4-5-7-17(16)24/h4-12,21H,3,13H2,1-2H3/t21-/m0/s1. The van der Waals surface area contributed by atoms with E-state index in [2.05, 4.69) is 4.99 Å². The van der Waals surface area contributed by atoms with Crippen molar-refractivity contribution < 1.29 is 14.3 Å². The van der Waals surface area contributed by atoms with E-state index in [0.717, 1.165) is 16.3 Å². The molecule has 0 N–H and O–H groups in total. The largest absolute Gasteiger partial charge is 0.487 e. The zero-order valence-corrected chi connectivity index (χ0v) is 19.3. The van der Waals surface area contributed by atoms with Crippen molar-refractivity contribution in [3.63, 3.8) is 0 Å². The number of fused-ring (bicyclic) bond motifs is 1. The van der Waals surface area contributed by atoms with Crippen LogP contribution in [0.2, 0.25) is 10.0 Å². The van der Waals surface area contributed by atoms with Crippen LogP contribution in [0.25, 0.3) is 0 Å². The molecule has 2 aromatic rings. The van der Waals surface area contributed by atoms with Gasteiger partial charge in [0.05, 0.1) is 28.9 Å². The molecule has 0 radical (unpaired) electrons. The normalized spacial score (nSPS) is 17.5. The lowest BCUT2D eigenvalue weighted by molar-refractivity contribution is -0.139. The molecule has 2 aliphatic heterocycles. The zero-order valence-electron chi connectivity index (χ0n) is 17.0. The number of rotatable bonds is 6. The van der Waals surface area contributed by atoms with Crippen molar-refractivity contribution in [3.8, 4) is 5.75 Å². The van der Waals surface area contributed by atoms with Crippen LogP contribution in [0.15, 0.2) is 70.3 Å². The summed E-state index contributed by atoms with van der Waals surface area (Å²) in [6.45, 7) is 4.20. The molecule has 0 saturated carbocycles. The number of thioether (sulfide) groups is 1. The van der Waals surface area contributed by atoms with Gasteiger partial charge < -0.3 is 14.4 Å². The van der Waals surface area contributed by atoms with Gasteiger partial charge in [-0.3, -0.25) is 0 Å². The molecule has 31 heavy (non-hydrogen) atoms. The fraction of sp³-hybridized carbons (Fsp3) is 0.217. The van der Waals surface area contributed by atoms with Crippen molar-refractivity contribution in [1.82, 2.24) is 4.90 Å². The average molecular weight is 475 g/mol. The summed E-state index contributed by atoms with van der Waals surface area (Å²) in [6, 6.07) is 12.7. The van der Waals surface area contributed by atoms with Gasteiger partial charge >= 0.3 is 5.97 Å². The average Bonchev–Trinajstić information content (AvgIpc) is 3.21. The number of amidine groups is 1. The molecule has 0 fully saturated rings. The third-order valence-corrected chi connectivity index (χ3v) is 6.36. The Bertz CT molecular complexity index is 1110. The number of carbonyl (C=O) groups is 1. The highest BCUT2D eigenvalue weighted by Crippen LogP contribution is 2.42. The predicted octanol–water partition coefficient (Wildman–Crippen LogP) is 6.34. The van der Waals surface area contributed by atoms with Gasteiger partial charge in [-0.15, -0.1) is 0 Å². The molecule has 0 saturated heterocycles. The smallest absolute Gasteiger partial charge is 0.338 e. The Morgan fingerprint density at radius 3 is 2.74 bits per heavy atom. The number of hydrogen-bond donors (Lipinski definition) is 0. The van der Waals surface area contributed by atoms with Crippen molar-refractivity contribution >= 4 is 46.1 Å². The second-order valence-corrected chi connectivity index (χ2v) is 8.58. The lowest BCUT2D eigenvalue weighted by atomic mass is 9.94. The van der Waals surface area contributed by atoms with Crippen molar-refractivity contribution in [1.29, 1.82) is 0 Å². The molecule has 160 valence electrons. The molecule has 2 aromatic carbocycles. The highest BCUT2D eigenvalue weighted by Gasteiger charge is 2.37. The maximum absolute atomic E-state index is 12.7. The molecule has 0 unspecified atom stereocenters. The van der Waals surface area contributed by atoms with Crippen LogP contribution in [0.1, 0.15) is 31.0 Å². The molecule has 8 heteroatoms. The highest BCUT2D eigenvalue weighted by molar-refractivity contribution is 8.16. The number of aliphatic imine (C=N–C) groups is 1. The van der Waals surface area contributed by atoms with E-state index >= 15 is 0 Å². The second kappa shape index (κ2) is 9.39. The number of ether oxygens (including phenoxy) is 2. The minimum absolute atomic E-state index is 0.291.